The number of aryl methyl sites for hydroxylation is 2. The van der Waals surface area contributed by atoms with Gasteiger partial charge < -0.3 is 0 Å². The van der Waals surface area contributed by atoms with Gasteiger partial charge in [-0.1, -0.05) is 87.4 Å². The Morgan fingerprint density at radius 3 is 1.36 bits per heavy atom. The number of pyridine rings is 4. The second-order valence-corrected chi connectivity index (χ2v) is 16.6. The van der Waals surface area contributed by atoms with Crippen molar-refractivity contribution >= 4 is 34.3 Å². The topological polar surface area (TPSA) is 51.6 Å². The summed E-state index contributed by atoms with van der Waals surface area (Å²) in [7, 11) is 0. The summed E-state index contributed by atoms with van der Waals surface area (Å²) in [6, 6.07) is 26.4. The molecule has 4 heterocycles. The van der Waals surface area contributed by atoms with Crippen molar-refractivity contribution in [3.05, 3.63) is 140 Å². The number of aromatic nitrogens is 4. The van der Waals surface area contributed by atoms with Crippen LogP contribution in [0.2, 0.25) is 0 Å². The molecule has 4 aliphatic carbocycles. The van der Waals surface area contributed by atoms with Crippen LogP contribution in [0.5, 0.6) is 0 Å². The molecule has 280 valence electrons. The maximum atomic E-state index is 5.63. The third-order valence-electron chi connectivity index (χ3n) is 12.9. The molecule has 4 aliphatic rings. The van der Waals surface area contributed by atoms with Gasteiger partial charge in [-0.3, -0.25) is 0 Å². The van der Waals surface area contributed by atoms with Crippen LogP contribution in [0.15, 0.2) is 72.8 Å². The van der Waals surface area contributed by atoms with Crippen molar-refractivity contribution in [2.45, 2.75) is 117 Å². The minimum absolute atomic E-state index is 0.826. The SMILES string of the molecule is CCCCc1c2c(nc3c1CCc1cc4cc5c(nc4nc1-3)-c1nc3c(c(CCCC)c1CC5)CCC/C3=C\c1ccccc1)/C(=C\c1ccccc1)CCC2. The zero-order valence-electron chi connectivity index (χ0n) is 33.2. The predicted octanol–water partition coefficient (Wildman–Crippen LogP) is 12.4. The van der Waals surface area contributed by atoms with Crippen molar-refractivity contribution in [1.82, 2.24) is 19.9 Å². The lowest BCUT2D eigenvalue weighted by Gasteiger charge is -2.29. The summed E-state index contributed by atoms with van der Waals surface area (Å²) < 4.78 is 0. The van der Waals surface area contributed by atoms with E-state index < -0.39 is 0 Å². The molecule has 0 bridgehead atoms. The molecule has 0 radical (unpaired) electrons. The Labute approximate surface area is 332 Å². The van der Waals surface area contributed by atoms with Gasteiger partial charge in [0.25, 0.3) is 0 Å². The van der Waals surface area contributed by atoms with E-state index in [2.05, 4.69) is 98.8 Å². The van der Waals surface area contributed by atoms with Crippen molar-refractivity contribution in [3.8, 4) is 22.8 Å². The minimum atomic E-state index is 0.826. The number of fused-ring (bicyclic) bond motifs is 9. The molecule has 0 unspecified atom stereocenters. The lowest BCUT2D eigenvalue weighted by molar-refractivity contribution is 0.737. The van der Waals surface area contributed by atoms with Gasteiger partial charge >= 0.3 is 0 Å². The average molecular weight is 733 g/mol. The maximum absolute atomic E-state index is 5.63. The summed E-state index contributed by atoms with van der Waals surface area (Å²) in [5, 5.41) is 1.15. The first-order valence-electron chi connectivity index (χ1n) is 21.6. The molecule has 0 N–H and O–H groups in total. The average Bonchev–Trinajstić information content (AvgIpc) is 3.23. The Bertz CT molecular complexity index is 2370. The van der Waals surface area contributed by atoms with Crippen LogP contribution < -0.4 is 0 Å². The lowest BCUT2D eigenvalue weighted by Crippen LogP contribution is -2.18. The number of allylic oxidation sites excluding steroid dienone is 2. The van der Waals surface area contributed by atoms with Gasteiger partial charge in [-0.15, -0.1) is 0 Å². The van der Waals surface area contributed by atoms with Crippen molar-refractivity contribution in [3.63, 3.8) is 0 Å². The maximum Gasteiger partial charge on any atom is 0.160 e. The lowest BCUT2D eigenvalue weighted by atomic mass is 9.79. The second-order valence-electron chi connectivity index (χ2n) is 16.6. The van der Waals surface area contributed by atoms with E-state index >= 15 is 0 Å². The van der Waals surface area contributed by atoms with Crippen LogP contribution in [0.3, 0.4) is 0 Å². The van der Waals surface area contributed by atoms with E-state index in [0.29, 0.717) is 0 Å². The van der Waals surface area contributed by atoms with E-state index in [-0.39, 0.29) is 0 Å². The summed E-state index contributed by atoms with van der Waals surface area (Å²) in [4.78, 5) is 22.3. The molecule has 0 spiro atoms. The first kappa shape index (κ1) is 35.2. The zero-order valence-corrected chi connectivity index (χ0v) is 33.2. The van der Waals surface area contributed by atoms with Crippen LogP contribution in [-0.2, 0) is 51.4 Å². The van der Waals surface area contributed by atoms with Crippen LogP contribution in [0, 0.1) is 0 Å². The van der Waals surface area contributed by atoms with Crippen molar-refractivity contribution in [2.75, 3.05) is 0 Å². The third kappa shape index (κ3) is 6.32. The van der Waals surface area contributed by atoms with Crippen molar-refractivity contribution in [2.24, 2.45) is 0 Å². The molecule has 4 aromatic heterocycles. The van der Waals surface area contributed by atoms with Gasteiger partial charge in [0.15, 0.2) is 5.65 Å². The van der Waals surface area contributed by atoms with Gasteiger partial charge in [-0.05, 0) is 181 Å². The highest BCUT2D eigenvalue weighted by Crippen LogP contribution is 2.44. The fourth-order valence-corrected chi connectivity index (χ4v) is 10.2. The summed E-state index contributed by atoms with van der Waals surface area (Å²) in [6.45, 7) is 4.62. The highest BCUT2D eigenvalue weighted by atomic mass is 14.9. The van der Waals surface area contributed by atoms with E-state index in [4.69, 9.17) is 19.9 Å². The number of hydrogen-bond donors (Lipinski definition) is 0. The summed E-state index contributed by atoms with van der Waals surface area (Å²) in [5.41, 5.74) is 24.4. The number of benzene rings is 2. The second kappa shape index (κ2) is 15.0. The van der Waals surface area contributed by atoms with E-state index in [0.717, 1.165) is 98.0 Å². The predicted molar refractivity (Wildman–Crippen MR) is 233 cm³/mol. The van der Waals surface area contributed by atoms with E-state index in [9.17, 15) is 0 Å². The first-order chi connectivity index (χ1) is 27.7. The van der Waals surface area contributed by atoms with Gasteiger partial charge in [-0.2, -0.15) is 0 Å². The fourth-order valence-electron chi connectivity index (χ4n) is 10.2. The highest BCUT2D eigenvalue weighted by molar-refractivity contribution is 5.89. The Morgan fingerprint density at radius 1 is 0.464 bits per heavy atom. The number of rotatable bonds is 8. The standard InChI is InChI=1S/C52H52N4/c1-3-5-21-40-42-23-13-19-35(29-33-15-9-7-10-16-33)46(42)53-50-44(40)27-25-37-31-39-32-38-26-28-45-41(22-6-4-2)43-24-14-20-36(30-34-17-11-8-12-18-34)47(43)54-51(45)49(38)56-52(39)55-48(37)50/h7-12,15-18,29-32H,3-6,13-14,19-28H2,1-2H3/b35-29-,36-30+. The first-order valence-corrected chi connectivity index (χ1v) is 21.6. The van der Waals surface area contributed by atoms with Crippen molar-refractivity contribution < 1.29 is 0 Å². The third-order valence-corrected chi connectivity index (χ3v) is 12.9. The molecule has 6 aromatic rings. The van der Waals surface area contributed by atoms with Gasteiger partial charge in [0.2, 0.25) is 0 Å². The molecule has 0 aliphatic heterocycles. The monoisotopic (exact) mass is 732 g/mol. The Morgan fingerprint density at radius 2 is 0.911 bits per heavy atom. The molecule has 56 heavy (non-hydrogen) atoms. The van der Waals surface area contributed by atoms with E-state index in [1.165, 1.54) is 106 Å². The molecule has 4 heteroatoms. The Hall–Kier alpha value is -5.22. The molecule has 2 aromatic carbocycles. The van der Waals surface area contributed by atoms with Crippen molar-refractivity contribution in [1.29, 1.82) is 0 Å². The van der Waals surface area contributed by atoms with E-state index in [1.807, 2.05) is 0 Å². The van der Waals surface area contributed by atoms with E-state index in [1.54, 1.807) is 11.1 Å². The number of hydrogen-bond acceptors (Lipinski definition) is 4. The molecular formula is C52H52N4. The summed E-state index contributed by atoms with van der Waals surface area (Å²) >= 11 is 0. The Kier molecular flexibility index (Phi) is 9.45. The molecule has 0 fully saturated rings. The minimum Gasteiger partial charge on any atom is -0.246 e. The van der Waals surface area contributed by atoms with Crippen LogP contribution in [-0.4, -0.2) is 19.9 Å². The highest BCUT2D eigenvalue weighted by Gasteiger charge is 2.32. The number of unbranched alkanes of at least 4 members (excludes halogenated alkanes) is 2. The van der Waals surface area contributed by atoms with Crippen LogP contribution in [0.25, 0.3) is 57.1 Å². The smallest absolute Gasteiger partial charge is 0.160 e. The van der Waals surface area contributed by atoms with Crippen LogP contribution in [0.1, 0.15) is 132 Å². The summed E-state index contributed by atoms with van der Waals surface area (Å²) in [6.07, 6.45) is 22.6. The van der Waals surface area contributed by atoms with Crippen LogP contribution in [0.4, 0.5) is 0 Å². The fraction of sp³-hybridized carbons (Fsp3) is 0.346. The Balaban J connectivity index is 1.14. The van der Waals surface area contributed by atoms with Gasteiger partial charge in [0, 0.05) is 5.39 Å². The van der Waals surface area contributed by atoms with Gasteiger partial charge in [-0.25, -0.2) is 19.9 Å². The normalized spacial score (nSPS) is 16.9. The number of nitrogens with zero attached hydrogens (tertiary/aromatic N) is 4. The molecule has 10 rings (SSSR count). The largest absolute Gasteiger partial charge is 0.246 e. The molecule has 0 saturated heterocycles. The molecular weight excluding hydrogens is 681 g/mol. The quantitative estimate of drug-likeness (QED) is 0.156. The molecule has 0 saturated carbocycles. The summed E-state index contributed by atoms with van der Waals surface area (Å²) in [5.74, 6) is 0. The molecule has 4 nitrogen and oxygen atoms in total. The van der Waals surface area contributed by atoms with Gasteiger partial charge in [0.1, 0.15) is 0 Å². The zero-order chi connectivity index (χ0) is 37.6. The molecule has 0 atom stereocenters. The molecule has 0 amide bonds. The van der Waals surface area contributed by atoms with Crippen LogP contribution >= 0.6 is 0 Å². The van der Waals surface area contributed by atoms with Gasteiger partial charge in [0.05, 0.1) is 34.2 Å².